The van der Waals surface area contributed by atoms with Crippen molar-refractivity contribution in [3.05, 3.63) is 162 Å². The van der Waals surface area contributed by atoms with Crippen molar-refractivity contribution in [2.75, 3.05) is 37.3 Å². The molecule has 8 rings (SSSR count). The zero-order valence-electron chi connectivity index (χ0n) is 34.3. The molecule has 310 valence electrons. The quantitative estimate of drug-likeness (QED) is 0.109. The molecule has 61 heavy (non-hydrogen) atoms. The number of nitrogens with one attached hydrogen (secondary N) is 2. The maximum absolute atomic E-state index is 14.8. The van der Waals surface area contributed by atoms with E-state index in [1.165, 1.54) is 0 Å². The smallest absolute Gasteiger partial charge is 0.255 e. The number of hydrogen-bond donors (Lipinski definition) is 3. The number of rotatable bonds is 13. The van der Waals surface area contributed by atoms with E-state index in [1.807, 2.05) is 93.0 Å². The minimum absolute atomic E-state index is 0.0670. The van der Waals surface area contributed by atoms with Crippen LogP contribution in [-0.4, -0.2) is 92.0 Å². The van der Waals surface area contributed by atoms with Crippen molar-refractivity contribution in [2.45, 2.75) is 38.0 Å². The number of fused-ring (bicyclic) bond motifs is 2. The van der Waals surface area contributed by atoms with Crippen LogP contribution < -0.4 is 10.6 Å². The van der Waals surface area contributed by atoms with Crippen LogP contribution in [0.3, 0.4) is 0 Å². The second-order valence-corrected chi connectivity index (χ2v) is 15.6. The molecule has 2 atom stereocenters. The third-order valence-electron chi connectivity index (χ3n) is 11.6. The predicted octanol–water partition coefficient (Wildman–Crippen LogP) is 6.83. The molecule has 0 bridgehead atoms. The zero-order valence-corrected chi connectivity index (χ0v) is 34.3. The minimum atomic E-state index is -0.888. The van der Waals surface area contributed by atoms with E-state index in [9.17, 15) is 24.3 Å². The molecular weight excluding hydrogens is 767 g/mol. The van der Waals surface area contributed by atoms with Crippen molar-refractivity contribution in [3.63, 3.8) is 0 Å². The molecule has 2 saturated heterocycles. The van der Waals surface area contributed by atoms with Gasteiger partial charge >= 0.3 is 0 Å². The van der Waals surface area contributed by atoms with E-state index in [-0.39, 0.29) is 68.4 Å². The van der Waals surface area contributed by atoms with Crippen LogP contribution >= 0.6 is 0 Å². The molecule has 12 heteroatoms. The van der Waals surface area contributed by atoms with Gasteiger partial charge in [-0.1, -0.05) is 78.9 Å². The molecule has 3 N–H and O–H groups in total. The Morgan fingerprint density at radius 3 is 2.28 bits per heavy atom. The summed E-state index contributed by atoms with van der Waals surface area (Å²) in [5, 5.41) is 20.5. The minimum Gasteiger partial charge on any atom is -0.508 e. The number of para-hydroxylation sites is 1. The number of hydrogen-bond acceptors (Lipinski definition) is 7. The van der Waals surface area contributed by atoms with E-state index in [0.717, 1.165) is 44.4 Å². The van der Waals surface area contributed by atoms with E-state index in [0.29, 0.717) is 17.7 Å². The molecule has 0 unspecified atom stereocenters. The fraction of sp³-hybridized carbons (Fsp3) is 0.224. The van der Waals surface area contributed by atoms with Gasteiger partial charge in [-0.15, -0.1) is 6.58 Å². The molecule has 2 aliphatic heterocycles. The summed E-state index contributed by atoms with van der Waals surface area (Å²) < 4.78 is 2.06. The van der Waals surface area contributed by atoms with E-state index in [1.54, 1.807) is 62.3 Å². The second kappa shape index (κ2) is 17.6. The van der Waals surface area contributed by atoms with Gasteiger partial charge in [-0.05, 0) is 77.2 Å². The molecule has 3 heterocycles. The molecule has 6 aromatic rings. The third-order valence-corrected chi connectivity index (χ3v) is 11.6. The fourth-order valence-electron chi connectivity index (χ4n) is 8.61. The van der Waals surface area contributed by atoms with Gasteiger partial charge in [0.15, 0.2) is 0 Å². The van der Waals surface area contributed by atoms with Crippen molar-refractivity contribution >= 4 is 45.9 Å². The Hall–Kier alpha value is -7.18. The number of piperazine rings is 1. The number of anilines is 2. The van der Waals surface area contributed by atoms with Crippen LogP contribution in [0.15, 0.2) is 140 Å². The lowest BCUT2D eigenvalue weighted by Crippen LogP contribution is -2.75. The number of benzene rings is 5. The zero-order chi connectivity index (χ0) is 42.6. The number of aromatic nitrogens is 1. The average molecular weight is 816 g/mol. The average Bonchev–Trinajstić information content (AvgIpc) is 3.62. The highest BCUT2D eigenvalue weighted by Gasteiger charge is 2.51. The van der Waals surface area contributed by atoms with Gasteiger partial charge < -0.3 is 30.1 Å². The topological polar surface area (TPSA) is 130 Å². The predicted molar refractivity (Wildman–Crippen MR) is 237 cm³/mol. The van der Waals surface area contributed by atoms with Crippen molar-refractivity contribution in [1.82, 2.24) is 24.4 Å². The lowest BCUT2D eigenvalue weighted by Gasteiger charge is -2.55. The number of amides is 4. The van der Waals surface area contributed by atoms with Crippen LogP contribution in [-0.2, 0) is 40.8 Å². The molecule has 2 fully saturated rings. The van der Waals surface area contributed by atoms with Gasteiger partial charge in [0, 0.05) is 74.1 Å². The largest absolute Gasteiger partial charge is 0.508 e. The lowest BCUT2D eigenvalue weighted by atomic mass is 9.97. The summed E-state index contributed by atoms with van der Waals surface area (Å²) in [6, 6.07) is 36.7. The summed E-state index contributed by atoms with van der Waals surface area (Å²) in [6.07, 6.45) is 3.96. The Morgan fingerprint density at radius 1 is 0.852 bits per heavy atom. The first-order chi connectivity index (χ1) is 29.6. The Labute approximate surface area is 355 Å². The number of phenols is 1. The molecule has 4 amide bonds. The number of phenolic OH excluding ortho intramolecular Hbond substituents is 1. The normalized spacial score (nSPS) is 16.7. The second-order valence-electron chi connectivity index (χ2n) is 15.6. The number of aryl methyl sites for hydroxylation is 2. The molecule has 12 nitrogen and oxygen atoms in total. The molecule has 1 aromatic heterocycles. The standard InChI is InChI=1S/C49H49N7O5/c1-4-27-54-32-46(59)55-43(28-34-13-24-40(57)25-14-34)49(61)53(31-44(55)56(54)45(58)26-15-33-9-6-5-7-10-33)29-37-11-8-12-41-42(30-52(3)47(37)41)35-16-22-39(23-17-35)51-48(60)36-18-20-38(50-2)21-19-36/h4-14,16-25,30,43-44,50,57H,1,15,26-29,31-32H2,2-3H3,(H,51,60)/t43-,44-/m0/s1. The molecule has 0 saturated carbocycles. The first kappa shape index (κ1) is 40.6. The van der Waals surface area contributed by atoms with E-state index >= 15 is 0 Å². The van der Waals surface area contributed by atoms with Crippen molar-refractivity contribution in [1.29, 1.82) is 0 Å². The van der Waals surface area contributed by atoms with Crippen LogP contribution in [0.1, 0.15) is 33.5 Å². The Kier molecular flexibility index (Phi) is 11.7. The first-order valence-electron chi connectivity index (χ1n) is 20.5. The molecule has 5 aromatic carbocycles. The highest BCUT2D eigenvalue weighted by molar-refractivity contribution is 6.05. The Balaban J connectivity index is 1.09. The maximum atomic E-state index is 14.8. The van der Waals surface area contributed by atoms with E-state index < -0.39 is 12.2 Å². The van der Waals surface area contributed by atoms with E-state index in [4.69, 9.17) is 0 Å². The van der Waals surface area contributed by atoms with Gasteiger partial charge in [0.2, 0.25) is 17.7 Å². The Morgan fingerprint density at radius 2 is 1.57 bits per heavy atom. The first-order valence-corrected chi connectivity index (χ1v) is 20.5. The van der Waals surface area contributed by atoms with Crippen LogP contribution in [0, 0.1) is 0 Å². The van der Waals surface area contributed by atoms with Gasteiger partial charge in [-0.3, -0.25) is 19.2 Å². The van der Waals surface area contributed by atoms with Gasteiger partial charge in [-0.2, -0.15) is 0 Å². The molecular formula is C49H49N7O5. The van der Waals surface area contributed by atoms with Crippen LogP contribution in [0.5, 0.6) is 5.75 Å². The van der Waals surface area contributed by atoms with E-state index in [2.05, 4.69) is 34.0 Å². The summed E-state index contributed by atoms with van der Waals surface area (Å²) in [4.78, 5) is 59.6. The summed E-state index contributed by atoms with van der Waals surface area (Å²) in [7, 11) is 3.81. The Bertz CT molecular complexity index is 2570. The number of nitrogens with zero attached hydrogens (tertiary/aromatic N) is 5. The number of aromatic hydroxyl groups is 1. The summed E-state index contributed by atoms with van der Waals surface area (Å²) in [6.45, 7) is 4.49. The molecule has 0 spiro atoms. The van der Waals surface area contributed by atoms with Crippen molar-refractivity contribution in [2.24, 2.45) is 7.05 Å². The molecule has 2 aliphatic rings. The molecule has 0 radical (unpaired) electrons. The van der Waals surface area contributed by atoms with Gasteiger partial charge in [-0.25, -0.2) is 10.0 Å². The number of carbonyl (C=O) groups is 4. The van der Waals surface area contributed by atoms with Crippen molar-refractivity contribution < 1.29 is 24.3 Å². The lowest BCUT2D eigenvalue weighted by molar-refractivity contribution is -0.205. The highest BCUT2D eigenvalue weighted by Crippen LogP contribution is 2.35. The van der Waals surface area contributed by atoms with Gasteiger partial charge in [0.25, 0.3) is 5.91 Å². The monoisotopic (exact) mass is 815 g/mol. The van der Waals surface area contributed by atoms with Crippen molar-refractivity contribution in [3.8, 4) is 16.9 Å². The fourth-order valence-corrected chi connectivity index (χ4v) is 8.61. The van der Waals surface area contributed by atoms with Crippen LogP contribution in [0.25, 0.3) is 22.0 Å². The SMILES string of the molecule is C=CCN1CC(=O)N2[C@@H](Cc3ccc(O)cc3)C(=O)N(Cc3cccc4c(-c5ccc(NC(=O)c6ccc(NC)cc6)cc5)cn(C)c34)C[C@@H]2N1C(=O)CCc1ccccc1. The number of hydrazine groups is 1. The highest BCUT2D eigenvalue weighted by atomic mass is 16.3. The third kappa shape index (κ3) is 8.48. The van der Waals surface area contributed by atoms with Gasteiger partial charge in [0.05, 0.1) is 18.6 Å². The maximum Gasteiger partial charge on any atom is 0.255 e. The summed E-state index contributed by atoms with van der Waals surface area (Å²) in [5.41, 5.74) is 7.79. The number of carbonyl (C=O) groups excluding carboxylic acids is 4. The van der Waals surface area contributed by atoms with Crippen LogP contribution in [0.4, 0.5) is 11.4 Å². The molecule has 0 aliphatic carbocycles. The summed E-state index contributed by atoms with van der Waals surface area (Å²) >= 11 is 0. The van der Waals surface area contributed by atoms with Crippen LogP contribution in [0.2, 0.25) is 0 Å². The summed E-state index contributed by atoms with van der Waals surface area (Å²) in [5.74, 6) is -0.690. The van der Waals surface area contributed by atoms with Gasteiger partial charge in [0.1, 0.15) is 18.0 Å².